The van der Waals surface area contributed by atoms with Gasteiger partial charge in [-0.05, 0) is 7.05 Å². The van der Waals surface area contributed by atoms with Gasteiger partial charge in [0.1, 0.15) is 48.7 Å². The molecule has 19 heteroatoms. The summed E-state index contributed by atoms with van der Waals surface area (Å²) in [5, 5.41) is 67.5. The third-order valence-corrected chi connectivity index (χ3v) is 7.31. The fourth-order valence-corrected chi connectivity index (χ4v) is 4.78. The van der Waals surface area contributed by atoms with Crippen LogP contribution in [0.25, 0.3) is 0 Å². The summed E-state index contributed by atoms with van der Waals surface area (Å²) in [5.41, 5.74) is 0. The summed E-state index contributed by atoms with van der Waals surface area (Å²) in [4.78, 5) is 23.0. The predicted molar refractivity (Wildman–Crippen MR) is 159 cm³/mol. The van der Waals surface area contributed by atoms with Gasteiger partial charge >= 0.3 is 0 Å². The Bertz CT molecular complexity index is 812. The minimum Gasteiger partial charge on any atom is -0.394 e. The molecule has 2 rings (SSSR count). The lowest BCUT2D eigenvalue weighted by atomic mass is 9.97. The summed E-state index contributed by atoms with van der Waals surface area (Å²) < 4.78 is 44.4. The Morgan fingerprint density at radius 1 is 0.617 bits per heavy atom. The molecule has 0 saturated carbocycles. The number of ether oxygens (including phenoxy) is 8. The van der Waals surface area contributed by atoms with Crippen molar-refractivity contribution in [3.8, 4) is 0 Å². The second-order valence-corrected chi connectivity index (χ2v) is 11.0. The molecule has 2 amide bonds. The molecule has 276 valence electrons. The van der Waals surface area contributed by atoms with Crippen LogP contribution in [0.4, 0.5) is 0 Å². The minimum absolute atomic E-state index is 0.0618. The van der Waals surface area contributed by atoms with Crippen LogP contribution in [0.3, 0.4) is 0 Å². The summed E-state index contributed by atoms with van der Waals surface area (Å²) in [6.45, 7) is 3.77. The van der Waals surface area contributed by atoms with Crippen molar-refractivity contribution in [3.05, 3.63) is 0 Å². The maximum atomic E-state index is 11.5. The number of amides is 2. The number of hydrogen-bond donors (Lipinski definition) is 9. The molecule has 0 aromatic rings. The largest absolute Gasteiger partial charge is 0.394 e. The molecule has 0 radical (unpaired) electrons. The summed E-state index contributed by atoms with van der Waals surface area (Å²) in [6, 6.07) is -2.13. The lowest BCUT2D eigenvalue weighted by Crippen LogP contribution is -2.64. The van der Waals surface area contributed by atoms with Gasteiger partial charge in [-0.2, -0.15) is 0 Å². The fourth-order valence-electron chi connectivity index (χ4n) is 4.78. The van der Waals surface area contributed by atoms with Crippen molar-refractivity contribution in [1.82, 2.24) is 16.0 Å². The first-order chi connectivity index (χ1) is 22.5. The first-order valence-electron chi connectivity index (χ1n) is 15.5. The normalized spacial score (nSPS) is 31.8. The van der Waals surface area contributed by atoms with E-state index in [1.165, 1.54) is 13.8 Å². The van der Waals surface area contributed by atoms with Crippen LogP contribution in [0.1, 0.15) is 13.8 Å². The molecule has 9 N–H and O–H groups in total. The van der Waals surface area contributed by atoms with Gasteiger partial charge in [0.05, 0.1) is 85.3 Å². The van der Waals surface area contributed by atoms with Gasteiger partial charge in [0, 0.05) is 13.8 Å². The van der Waals surface area contributed by atoms with E-state index in [9.17, 15) is 40.2 Å². The zero-order valence-electron chi connectivity index (χ0n) is 27.1. The van der Waals surface area contributed by atoms with Crippen molar-refractivity contribution in [2.45, 2.75) is 81.2 Å². The predicted octanol–water partition coefficient (Wildman–Crippen LogP) is -5.44. The van der Waals surface area contributed by atoms with Crippen molar-refractivity contribution >= 4 is 11.8 Å². The van der Waals surface area contributed by atoms with Crippen molar-refractivity contribution in [3.63, 3.8) is 0 Å². The molecule has 2 aliphatic heterocycles. The van der Waals surface area contributed by atoms with Crippen molar-refractivity contribution in [2.24, 2.45) is 0 Å². The smallest absolute Gasteiger partial charge is 0.217 e. The Morgan fingerprint density at radius 3 is 1.32 bits per heavy atom. The number of likely N-dealkylation sites (N-methyl/N-ethyl adjacent to an activating group) is 1. The zero-order valence-corrected chi connectivity index (χ0v) is 27.1. The van der Waals surface area contributed by atoms with Gasteiger partial charge in [0.25, 0.3) is 0 Å². The van der Waals surface area contributed by atoms with E-state index in [-0.39, 0.29) is 45.7 Å². The number of aliphatic hydroxyl groups excluding tert-OH is 6. The third-order valence-electron chi connectivity index (χ3n) is 7.31. The lowest BCUT2D eigenvalue weighted by molar-refractivity contribution is -0.272. The Hall–Kier alpha value is -1.66. The van der Waals surface area contributed by atoms with Crippen molar-refractivity contribution in [1.29, 1.82) is 0 Å². The molecule has 2 heterocycles. The number of nitrogens with one attached hydrogen (secondary N) is 3. The highest BCUT2D eigenvalue weighted by Gasteiger charge is 2.46. The highest BCUT2D eigenvalue weighted by Crippen LogP contribution is 2.23. The van der Waals surface area contributed by atoms with Gasteiger partial charge in [0.2, 0.25) is 11.8 Å². The topological polar surface area (TPSA) is 265 Å². The fraction of sp³-hybridized carbons (Fsp3) is 0.929. The third kappa shape index (κ3) is 14.4. The first-order valence-corrected chi connectivity index (χ1v) is 15.5. The van der Waals surface area contributed by atoms with Gasteiger partial charge in [0.15, 0.2) is 12.6 Å². The van der Waals surface area contributed by atoms with Gasteiger partial charge in [-0.3, -0.25) is 9.59 Å². The van der Waals surface area contributed by atoms with E-state index in [0.29, 0.717) is 26.4 Å². The summed E-state index contributed by atoms with van der Waals surface area (Å²) in [6.07, 6.45) is -9.84. The highest BCUT2D eigenvalue weighted by atomic mass is 16.7. The molecule has 2 fully saturated rings. The molecule has 0 spiro atoms. The van der Waals surface area contributed by atoms with E-state index in [2.05, 4.69) is 16.0 Å². The summed E-state index contributed by atoms with van der Waals surface area (Å²) in [5.74, 6) is -0.882. The van der Waals surface area contributed by atoms with Gasteiger partial charge in [-0.25, -0.2) is 0 Å². The maximum Gasteiger partial charge on any atom is 0.217 e. The van der Waals surface area contributed by atoms with Crippen LogP contribution in [-0.4, -0.2) is 196 Å². The monoisotopic (exact) mass is 687 g/mol. The molecular weight excluding hydrogens is 634 g/mol. The standard InChI is InChI=1S/C28H53N3O16/c1-16(34)30-21-25(38)23(36)19(12-32)46-27(21)44-10-8-40-4-6-42-14-18(29-3)15-43-7-5-41-9-11-45-28-22(31-17(2)35)26(39)24(37)20(13-33)47-28/h18-29,32-33,36-39H,4-15H2,1-3H3,(H,30,34)(H,31,35)/t18?,19?,20?,21?,22?,23-,24-,25?,26?,27+,28+/m0/s1. The number of hydrogen-bond acceptors (Lipinski definition) is 17. The second-order valence-electron chi connectivity index (χ2n) is 11.0. The molecule has 10 atom stereocenters. The Morgan fingerprint density at radius 2 is 0.979 bits per heavy atom. The molecule has 0 aromatic heterocycles. The van der Waals surface area contributed by atoms with E-state index in [4.69, 9.17) is 37.9 Å². The van der Waals surface area contributed by atoms with Crippen LogP contribution in [0.2, 0.25) is 0 Å². The van der Waals surface area contributed by atoms with Crippen LogP contribution in [0.15, 0.2) is 0 Å². The maximum absolute atomic E-state index is 11.5. The van der Waals surface area contributed by atoms with Crippen LogP contribution in [-0.2, 0) is 47.5 Å². The van der Waals surface area contributed by atoms with E-state index < -0.39 is 86.3 Å². The molecule has 6 unspecified atom stereocenters. The van der Waals surface area contributed by atoms with Gasteiger partial charge < -0.3 is 84.5 Å². The first kappa shape index (κ1) is 41.5. The molecule has 0 aromatic carbocycles. The summed E-state index contributed by atoms with van der Waals surface area (Å²) in [7, 11) is 1.77. The van der Waals surface area contributed by atoms with Crippen LogP contribution >= 0.6 is 0 Å². The minimum atomic E-state index is -1.39. The SMILES string of the molecule is CNC(COCCOCCO[C@@H]1OC(CO)[C@H](O)C(O)C1NC(C)=O)COCCOCCO[C@@H]1OC(CO)[C@H](O)C(O)C1NC(C)=O. The lowest BCUT2D eigenvalue weighted by Gasteiger charge is -2.42. The molecule has 2 aliphatic rings. The average Bonchev–Trinajstić information content (AvgIpc) is 3.04. The highest BCUT2D eigenvalue weighted by molar-refractivity contribution is 5.73. The Kier molecular flexibility index (Phi) is 20.2. The van der Waals surface area contributed by atoms with Crippen LogP contribution in [0.5, 0.6) is 0 Å². The van der Waals surface area contributed by atoms with Crippen molar-refractivity contribution in [2.75, 3.05) is 86.3 Å². The van der Waals surface area contributed by atoms with E-state index in [1.807, 2.05) is 0 Å². The molecule has 47 heavy (non-hydrogen) atoms. The van der Waals surface area contributed by atoms with Gasteiger partial charge in [-0.15, -0.1) is 0 Å². The molecule has 0 bridgehead atoms. The Labute approximate surface area is 273 Å². The van der Waals surface area contributed by atoms with Gasteiger partial charge in [-0.1, -0.05) is 0 Å². The second kappa shape index (κ2) is 22.9. The molecule has 2 saturated heterocycles. The summed E-state index contributed by atoms with van der Waals surface area (Å²) >= 11 is 0. The molecular formula is C28H53N3O16. The van der Waals surface area contributed by atoms with Crippen molar-refractivity contribution < 1.29 is 78.1 Å². The average molecular weight is 688 g/mol. The quantitative estimate of drug-likeness (QED) is 0.0454. The van der Waals surface area contributed by atoms with Crippen LogP contribution in [0, 0.1) is 0 Å². The molecule has 0 aliphatic carbocycles. The van der Waals surface area contributed by atoms with Crippen LogP contribution < -0.4 is 16.0 Å². The number of rotatable bonds is 23. The number of carbonyl (C=O) groups is 2. The number of carbonyl (C=O) groups excluding carboxylic acids is 2. The van der Waals surface area contributed by atoms with E-state index >= 15 is 0 Å². The molecule has 19 nitrogen and oxygen atoms in total. The number of aliphatic hydroxyl groups is 6. The Balaban J connectivity index is 1.52. The zero-order chi connectivity index (χ0) is 34.8. The van der Waals surface area contributed by atoms with E-state index in [0.717, 1.165) is 0 Å². The van der Waals surface area contributed by atoms with E-state index in [1.54, 1.807) is 7.05 Å².